The summed E-state index contributed by atoms with van der Waals surface area (Å²) in [5.74, 6) is 0. The van der Waals surface area contributed by atoms with E-state index in [4.69, 9.17) is 0 Å². The van der Waals surface area contributed by atoms with Gasteiger partial charge in [0.05, 0.1) is 0 Å². The molecule has 0 atom stereocenters. The predicted octanol–water partition coefficient (Wildman–Crippen LogP) is 16.4. The van der Waals surface area contributed by atoms with Crippen LogP contribution in [0.15, 0.2) is 152 Å². The van der Waals surface area contributed by atoms with Gasteiger partial charge in [0.15, 0.2) is 0 Å². The summed E-state index contributed by atoms with van der Waals surface area (Å²) in [7, 11) is 0. The maximum atomic E-state index is 4.06. The third kappa shape index (κ3) is 5.15. The molecule has 0 aliphatic heterocycles. The average molecular weight is 745 g/mol. The molecule has 10 rings (SSSR count). The number of aryl methyl sites for hydroxylation is 2. The molecule has 3 heterocycles. The molecule has 0 fully saturated rings. The van der Waals surface area contributed by atoms with Crippen LogP contribution in [0.4, 0.5) is 0 Å². The van der Waals surface area contributed by atoms with E-state index in [0.29, 0.717) is 0 Å². The molecule has 0 amide bonds. The van der Waals surface area contributed by atoms with Crippen LogP contribution >= 0.6 is 34.0 Å². The number of allylic oxidation sites excluding steroid dienone is 2. The maximum absolute atomic E-state index is 4.06. The van der Waals surface area contributed by atoms with Gasteiger partial charge in [-0.05, 0) is 129 Å². The standard InChI is InChI=1S/C51H36S3/c1-5-6-14-34-32(4)47(45-26-23-30(2)52-45)35-15-7-10-18-38(35)49(34)41-21-13-22-44-51(41)42-29-33(25-28-43(42)54-44)48-36-16-8-11-19-39(36)50(46-27-24-31(3)53-46)40-20-12-9-17-37(40)48/h5-29H,1H2,2-4H3/b14-6-. The van der Waals surface area contributed by atoms with Crippen LogP contribution < -0.4 is 0 Å². The second kappa shape index (κ2) is 13.1. The van der Waals surface area contributed by atoms with Gasteiger partial charge in [-0.25, -0.2) is 0 Å². The minimum absolute atomic E-state index is 1.24. The van der Waals surface area contributed by atoms with Crippen LogP contribution in [0.2, 0.25) is 0 Å². The maximum Gasteiger partial charge on any atom is 0.0361 e. The normalized spacial score (nSPS) is 12.0. The van der Waals surface area contributed by atoms with Crippen LogP contribution in [-0.4, -0.2) is 0 Å². The van der Waals surface area contributed by atoms with Gasteiger partial charge in [0, 0.05) is 50.8 Å². The van der Waals surface area contributed by atoms with Crippen LogP contribution in [0.5, 0.6) is 0 Å². The number of fused-ring (bicyclic) bond motifs is 6. The minimum Gasteiger partial charge on any atom is -0.141 e. The van der Waals surface area contributed by atoms with Gasteiger partial charge >= 0.3 is 0 Å². The van der Waals surface area contributed by atoms with Crippen LogP contribution in [0.3, 0.4) is 0 Å². The van der Waals surface area contributed by atoms with Crippen molar-refractivity contribution in [1.82, 2.24) is 0 Å². The molecule has 0 aliphatic rings. The average Bonchev–Trinajstić information content (AvgIpc) is 3.93. The topological polar surface area (TPSA) is 0 Å². The molecule has 258 valence electrons. The molecular formula is C51H36S3. The van der Waals surface area contributed by atoms with Crippen LogP contribution in [0.1, 0.15) is 20.9 Å². The summed E-state index contributed by atoms with van der Waals surface area (Å²) in [6.45, 7) is 10.7. The second-order valence-electron chi connectivity index (χ2n) is 14.1. The summed E-state index contributed by atoms with van der Waals surface area (Å²) in [4.78, 5) is 5.28. The highest BCUT2D eigenvalue weighted by Crippen LogP contribution is 2.50. The van der Waals surface area contributed by atoms with E-state index in [2.05, 4.69) is 173 Å². The molecule has 0 radical (unpaired) electrons. The Kier molecular flexibility index (Phi) is 7.99. The molecule has 0 saturated heterocycles. The minimum atomic E-state index is 1.24. The van der Waals surface area contributed by atoms with Gasteiger partial charge in [0.1, 0.15) is 0 Å². The van der Waals surface area contributed by atoms with Crippen molar-refractivity contribution in [2.24, 2.45) is 0 Å². The molecule has 0 aliphatic carbocycles. The first-order valence-corrected chi connectivity index (χ1v) is 20.8. The summed E-state index contributed by atoms with van der Waals surface area (Å²) >= 11 is 5.63. The Bertz CT molecular complexity index is 3100. The first-order chi connectivity index (χ1) is 26.5. The highest BCUT2D eigenvalue weighted by atomic mass is 32.1. The van der Waals surface area contributed by atoms with E-state index in [0.717, 1.165) is 0 Å². The van der Waals surface area contributed by atoms with E-state index < -0.39 is 0 Å². The fraction of sp³-hybridized carbons (Fsp3) is 0.0588. The van der Waals surface area contributed by atoms with Gasteiger partial charge in [0.2, 0.25) is 0 Å². The molecule has 0 nitrogen and oxygen atoms in total. The van der Waals surface area contributed by atoms with Gasteiger partial charge < -0.3 is 0 Å². The van der Waals surface area contributed by atoms with E-state index in [-0.39, 0.29) is 0 Å². The Morgan fingerprint density at radius 1 is 0.463 bits per heavy atom. The van der Waals surface area contributed by atoms with Crippen molar-refractivity contribution < 1.29 is 0 Å². The van der Waals surface area contributed by atoms with E-state index in [1.165, 1.54) is 117 Å². The molecular weight excluding hydrogens is 709 g/mol. The molecule has 3 aromatic heterocycles. The SMILES string of the molecule is C=C/C=C\c1c(C)c(-c2ccc(C)s2)c2ccccc2c1-c1cccc2sc3ccc(-c4c5ccccc5c(-c5ccc(C)s5)c5ccccc45)cc3c12. The molecule has 7 aromatic carbocycles. The van der Waals surface area contributed by atoms with Crippen LogP contribution in [-0.2, 0) is 0 Å². The smallest absolute Gasteiger partial charge is 0.0361 e. The van der Waals surface area contributed by atoms with E-state index in [1.807, 2.05) is 40.1 Å². The molecule has 0 spiro atoms. The van der Waals surface area contributed by atoms with Crippen LogP contribution in [0.25, 0.3) is 102 Å². The zero-order valence-corrected chi connectivity index (χ0v) is 32.8. The first-order valence-electron chi connectivity index (χ1n) is 18.4. The molecule has 0 N–H and O–H groups in total. The van der Waals surface area contributed by atoms with Gasteiger partial charge in [-0.1, -0.05) is 116 Å². The lowest BCUT2D eigenvalue weighted by Crippen LogP contribution is -1.95. The summed E-state index contributed by atoms with van der Waals surface area (Å²) in [5, 5.41) is 10.3. The Morgan fingerprint density at radius 2 is 1.02 bits per heavy atom. The monoisotopic (exact) mass is 744 g/mol. The van der Waals surface area contributed by atoms with Crippen molar-refractivity contribution >= 4 is 92.6 Å². The van der Waals surface area contributed by atoms with E-state index in [9.17, 15) is 0 Å². The molecule has 0 saturated carbocycles. The quantitative estimate of drug-likeness (QED) is 0.117. The fourth-order valence-electron chi connectivity index (χ4n) is 8.60. The number of benzene rings is 7. The van der Waals surface area contributed by atoms with Crippen molar-refractivity contribution in [3.8, 4) is 43.1 Å². The third-order valence-electron chi connectivity index (χ3n) is 10.9. The lowest BCUT2D eigenvalue weighted by molar-refractivity contribution is 1.47. The second-order valence-corrected chi connectivity index (χ2v) is 17.7. The molecule has 3 heteroatoms. The number of thiophene rings is 3. The van der Waals surface area contributed by atoms with Gasteiger partial charge in [-0.15, -0.1) is 34.0 Å². The molecule has 0 bridgehead atoms. The molecule has 54 heavy (non-hydrogen) atoms. The highest BCUT2D eigenvalue weighted by Gasteiger charge is 2.23. The van der Waals surface area contributed by atoms with Crippen LogP contribution in [0, 0.1) is 20.8 Å². The summed E-state index contributed by atoms with van der Waals surface area (Å²) in [6.07, 6.45) is 6.24. The predicted molar refractivity (Wildman–Crippen MR) is 243 cm³/mol. The highest BCUT2D eigenvalue weighted by molar-refractivity contribution is 7.26. The molecule has 10 aromatic rings. The Morgan fingerprint density at radius 3 is 1.59 bits per heavy atom. The lowest BCUT2D eigenvalue weighted by Gasteiger charge is -2.20. The van der Waals surface area contributed by atoms with Crippen molar-refractivity contribution in [3.63, 3.8) is 0 Å². The number of rotatable bonds is 6. The van der Waals surface area contributed by atoms with Crippen molar-refractivity contribution in [2.45, 2.75) is 20.8 Å². The van der Waals surface area contributed by atoms with Gasteiger partial charge in [-0.2, -0.15) is 0 Å². The summed E-state index contributed by atoms with van der Waals surface area (Å²) in [6, 6.07) is 50.0. The third-order valence-corrected chi connectivity index (χ3v) is 14.0. The van der Waals surface area contributed by atoms with Crippen molar-refractivity contribution in [2.75, 3.05) is 0 Å². The fourth-order valence-corrected chi connectivity index (χ4v) is 11.6. The number of hydrogen-bond acceptors (Lipinski definition) is 3. The van der Waals surface area contributed by atoms with Gasteiger partial charge in [0.25, 0.3) is 0 Å². The van der Waals surface area contributed by atoms with Crippen molar-refractivity contribution in [3.05, 3.63) is 173 Å². The Labute approximate surface area is 327 Å². The molecule has 0 unspecified atom stereocenters. The Balaban J connectivity index is 1.29. The van der Waals surface area contributed by atoms with Crippen molar-refractivity contribution in [1.29, 1.82) is 0 Å². The summed E-state index contributed by atoms with van der Waals surface area (Å²) < 4.78 is 2.60. The first kappa shape index (κ1) is 33.0. The summed E-state index contributed by atoms with van der Waals surface area (Å²) in [5.41, 5.74) is 10.3. The lowest BCUT2D eigenvalue weighted by atomic mass is 9.84. The zero-order chi connectivity index (χ0) is 36.5. The van der Waals surface area contributed by atoms with E-state index >= 15 is 0 Å². The Hall–Kier alpha value is -5.58. The number of hydrogen-bond donors (Lipinski definition) is 0. The largest absolute Gasteiger partial charge is 0.141 e. The van der Waals surface area contributed by atoms with Gasteiger partial charge in [-0.3, -0.25) is 0 Å². The zero-order valence-electron chi connectivity index (χ0n) is 30.4. The van der Waals surface area contributed by atoms with E-state index in [1.54, 1.807) is 0 Å².